The van der Waals surface area contributed by atoms with E-state index in [0.29, 0.717) is 44.7 Å². The number of ether oxygens (including phenoxy) is 16. The number of halogens is 4. The number of aromatic nitrogens is 16. The molecule has 16 heterocycles. The highest BCUT2D eigenvalue weighted by Gasteiger charge is 2.69. The number of hydrogen-bond acceptors (Lipinski definition) is 40. The summed E-state index contributed by atoms with van der Waals surface area (Å²) in [7, 11) is -8.37. The SMILES string of the molecule is CC1(C)O[C@H]2[C@H](n3cnc4c(N)nc(OC5CCCC5)nc43)OC(CF)(CF)[C@H]2O1.CC1(C)O[C@H]2[C@H](n3cnc4c(N)nc(OC5CCCC5)nc43)O[C@](CO)(CF)[C@H]2O1.Cc1ccc(S(=O)(=O)OC[C@]2(CF)O[C@@H](n3cnc4c(N)nc(OC5CCCC5)nc43)[C@@H]3OC(C)(C)O[C@@H]32)cc1.Cc1ccc(S(=O)(=O)OC[C@]2(CO)O[C@@H](n3cnc4c(N)nc(OC5CCCC5)nc43)[C@@H]3OC(C)(C)O[C@@H]32)cc1. The summed E-state index contributed by atoms with van der Waals surface area (Å²) in [5, 5.41) is 20.5. The highest BCUT2D eigenvalue weighted by atomic mass is 32.2. The van der Waals surface area contributed by atoms with E-state index in [-0.39, 0.29) is 81.5 Å². The summed E-state index contributed by atoms with van der Waals surface area (Å²) in [5.74, 6) is -3.49. The number of nitrogens with two attached hydrogens (primary N) is 4. The number of aliphatic hydroxyl groups is 2. The summed E-state index contributed by atoms with van der Waals surface area (Å²) in [5.41, 5.74) is 22.4. The van der Waals surface area contributed by atoms with Crippen LogP contribution in [0.2, 0.25) is 0 Å². The first-order valence-corrected chi connectivity index (χ1v) is 49.7. The molecule has 4 saturated carbocycles. The van der Waals surface area contributed by atoms with Gasteiger partial charge in [0.25, 0.3) is 20.2 Å². The number of hydrogen-bond donors (Lipinski definition) is 6. The van der Waals surface area contributed by atoms with Crippen LogP contribution in [0.15, 0.2) is 83.6 Å². The Labute approximate surface area is 801 Å². The summed E-state index contributed by atoms with van der Waals surface area (Å²) >= 11 is 0. The van der Waals surface area contributed by atoms with Crippen molar-refractivity contribution in [2.75, 3.05) is 76.1 Å². The number of aryl methyl sites for hydroxylation is 2. The van der Waals surface area contributed by atoms with Gasteiger partial charge in [-0.2, -0.15) is 56.7 Å². The van der Waals surface area contributed by atoms with Gasteiger partial charge in [-0.05, 0) is 196 Å². The van der Waals surface area contributed by atoms with E-state index in [1.165, 1.54) is 49.6 Å². The molecule has 15 atom stereocenters. The van der Waals surface area contributed by atoms with Crippen LogP contribution < -0.4 is 41.9 Å². The fourth-order valence-corrected chi connectivity index (χ4v) is 22.1. The molecule has 8 aliphatic heterocycles. The van der Waals surface area contributed by atoms with Crippen molar-refractivity contribution in [3.05, 3.63) is 85.0 Å². The van der Waals surface area contributed by atoms with Crippen LogP contribution in [-0.2, 0) is 85.4 Å². The third-order valence-corrected chi connectivity index (χ3v) is 29.8. The number of nitrogen functional groups attached to an aromatic ring is 4. The predicted molar refractivity (Wildman–Crippen MR) is 484 cm³/mol. The third kappa shape index (κ3) is 19.0. The van der Waals surface area contributed by atoms with Gasteiger partial charge in [-0.1, -0.05) is 35.4 Å². The molecule has 10 aromatic rings. The van der Waals surface area contributed by atoms with Crippen molar-refractivity contribution >= 4 is 88.2 Å². The van der Waals surface area contributed by atoms with Crippen molar-refractivity contribution in [3.8, 4) is 24.0 Å². The molecule has 0 unspecified atom stereocenters. The van der Waals surface area contributed by atoms with E-state index < -0.39 is 193 Å². The fourth-order valence-electron chi connectivity index (χ4n) is 20.2. The standard InChI is InChI=1S/C26H32FN5O7S.C26H33N5O8S.C19H25F2N5O4.C19H26FN5O5/c1-15-8-10-17(11-9-15)40(33,34)35-13-26(12-27)20-19(37-25(2,3)38-20)23(39-26)32-14-29-18-21(28)30-24(31-22(18)32)36-16-6-4-5-7-16;1-15-8-10-17(11-9-15)40(33,34)35-13-26(12-32)20-19(37-25(2,3)38-20)23(39-26)31-14-28-18-21(27)29-24(30-22(18)31)36-16-6-4-5-7-16;1-18(2)28-12-13(29-18)19(7-20,8-21)30-16(12)26-9-23-11-14(22)24-17(25-15(11)26)27-10-5-3-4-6-10;1-18(2)28-12-13(29-18)19(7-20,8-26)30-16(12)25-9-22-11-14(21)23-17(24-15(11)25)27-10-5-3-4-6-10/h8-11,14,16,19-20,23H,4-7,12-13H2,1-3H3,(H2,28,30,31);8-11,14,16,19-20,23,32H,4-7,12-13H2,1-3H3,(H2,27,29,30);9-10,12-13,16H,3-8H2,1-2H3,(H2,22,24,25);9-10,12-13,16,26H,3-8H2,1-2H3,(H2,21,23,24)/t2*19-,20+,23-,26+;12-,13+,16-;12-,13+,16-,19+/m1111/s1. The van der Waals surface area contributed by atoms with Crippen molar-refractivity contribution < 1.29 is 129 Å². The summed E-state index contributed by atoms with van der Waals surface area (Å²) in [6.45, 7) is 10.9. The third-order valence-electron chi connectivity index (χ3n) is 27.2. The first-order chi connectivity index (χ1) is 66.7. The van der Waals surface area contributed by atoms with Crippen molar-refractivity contribution in [2.45, 2.75) is 325 Å². The molecule has 4 aliphatic carbocycles. The van der Waals surface area contributed by atoms with Crippen LogP contribution in [0.3, 0.4) is 0 Å². The molecule has 50 heteroatoms. The van der Waals surface area contributed by atoms with Gasteiger partial charge in [0.1, 0.15) is 119 Å². The Balaban J connectivity index is 0.000000120. The number of nitrogens with zero attached hydrogens (tertiary/aromatic N) is 16. The van der Waals surface area contributed by atoms with E-state index in [1.54, 1.807) is 97.9 Å². The van der Waals surface area contributed by atoms with Crippen LogP contribution in [-0.4, -0.2) is 277 Å². The van der Waals surface area contributed by atoms with Gasteiger partial charge in [-0.15, -0.1) is 0 Å². The molecule has 8 saturated heterocycles. The number of benzene rings is 2. The average molecular weight is 2000 g/mol. The first-order valence-electron chi connectivity index (χ1n) is 46.9. The number of rotatable bonds is 26. The van der Waals surface area contributed by atoms with Crippen LogP contribution >= 0.6 is 0 Å². The Bertz CT molecular complexity index is 6020. The van der Waals surface area contributed by atoms with Crippen LogP contribution in [0.1, 0.15) is 194 Å². The predicted octanol–water partition coefficient (Wildman–Crippen LogP) is 9.36. The molecule has 0 amide bonds. The molecule has 44 nitrogen and oxygen atoms in total. The molecule has 8 aromatic heterocycles. The number of anilines is 4. The lowest BCUT2D eigenvalue weighted by Crippen LogP contribution is -2.50. The van der Waals surface area contributed by atoms with Crippen LogP contribution in [0, 0.1) is 13.8 Å². The molecule has 12 aliphatic rings. The van der Waals surface area contributed by atoms with E-state index in [9.17, 15) is 44.6 Å². The zero-order valence-corrected chi connectivity index (χ0v) is 80.4. The summed E-state index contributed by atoms with van der Waals surface area (Å²) in [4.78, 5) is 52.3. The second-order valence-electron chi connectivity index (χ2n) is 39.2. The summed E-state index contributed by atoms with van der Waals surface area (Å²) < 4.78 is 222. The molecule has 0 radical (unpaired) electrons. The largest absolute Gasteiger partial charge is 0.460 e. The lowest BCUT2D eigenvalue weighted by Gasteiger charge is -2.32. The molecule has 2 aromatic carbocycles. The van der Waals surface area contributed by atoms with Crippen LogP contribution in [0.4, 0.5) is 40.8 Å². The molecular weight excluding hydrogens is 1890 g/mol. The molecule has 140 heavy (non-hydrogen) atoms. The number of imidazole rings is 4. The summed E-state index contributed by atoms with van der Waals surface area (Å²) in [6, 6.07) is 13.0. The smallest absolute Gasteiger partial charge is 0.320 e. The minimum atomic E-state index is -4.21. The second kappa shape index (κ2) is 38.0. The van der Waals surface area contributed by atoms with Gasteiger partial charge >= 0.3 is 24.0 Å². The topological polar surface area (TPSA) is 553 Å². The molecule has 760 valence electrons. The van der Waals surface area contributed by atoms with E-state index in [2.05, 4.69) is 59.8 Å². The van der Waals surface area contributed by atoms with E-state index in [1.807, 2.05) is 13.8 Å². The lowest BCUT2D eigenvalue weighted by molar-refractivity contribution is -0.231. The Kier molecular flexibility index (Phi) is 26.8. The molecule has 22 rings (SSSR count). The van der Waals surface area contributed by atoms with E-state index in [0.717, 1.165) is 114 Å². The maximum Gasteiger partial charge on any atom is 0.320 e. The van der Waals surface area contributed by atoms with Crippen molar-refractivity contribution in [1.82, 2.24) is 78.1 Å². The van der Waals surface area contributed by atoms with Crippen LogP contribution in [0.5, 0.6) is 24.0 Å². The molecular formula is C90H116F4N20O24S2. The van der Waals surface area contributed by atoms with E-state index >= 15 is 0 Å². The quantitative estimate of drug-likeness (QED) is 0.0217. The molecule has 10 N–H and O–H groups in total. The van der Waals surface area contributed by atoms with Gasteiger partial charge in [-0.3, -0.25) is 26.6 Å². The highest BCUT2D eigenvalue weighted by molar-refractivity contribution is 7.87. The van der Waals surface area contributed by atoms with E-state index in [4.69, 9.17) is 107 Å². The average Bonchev–Trinajstić information content (AvgIpc) is 1.58. The lowest BCUT2D eigenvalue weighted by atomic mass is 9.97. The summed E-state index contributed by atoms with van der Waals surface area (Å²) in [6.07, 6.45) is 11.9. The number of aliphatic hydroxyl groups excluding tert-OH is 2. The Morgan fingerprint density at radius 2 is 0.579 bits per heavy atom. The molecule has 0 bridgehead atoms. The zero-order chi connectivity index (χ0) is 98.8. The Morgan fingerprint density at radius 1 is 0.343 bits per heavy atom. The van der Waals surface area contributed by atoms with Gasteiger partial charge in [-0.25, -0.2) is 37.5 Å². The minimum absolute atomic E-state index is 0.000452. The van der Waals surface area contributed by atoms with Crippen molar-refractivity contribution in [2.24, 2.45) is 0 Å². The van der Waals surface area contributed by atoms with Crippen molar-refractivity contribution in [3.63, 3.8) is 0 Å². The van der Waals surface area contributed by atoms with Gasteiger partial charge in [0.05, 0.1) is 48.3 Å². The van der Waals surface area contributed by atoms with Crippen LogP contribution in [0.25, 0.3) is 44.7 Å². The van der Waals surface area contributed by atoms with Crippen molar-refractivity contribution in [1.29, 1.82) is 0 Å². The fraction of sp³-hybridized carbons (Fsp3) is 0.644. The molecule has 12 fully saturated rings. The normalized spacial score (nSPS) is 29.8. The monoisotopic (exact) mass is 2000 g/mol. The first kappa shape index (κ1) is 98.8. The highest BCUT2D eigenvalue weighted by Crippen LogP contribution is 2.55. The zero-order valence-electron chi connectivity index (χ0n) is 78.8. The number of fused-ring (bicyclic) bond motifs is 8. The van der Waals surface area contributed by atoms with Gasteiger partial charge < -0.3 is 109 Å². The minimum Gasteiger partial charge on any atom is -0.460 e. The maximum absolute atomic E-state index is 14.9. The Hall–Kier alpha value is -9.98. The van der Waals surface area contributed by atoms with Gasteiger partial charge in [0, 0.05) is 0 Å². The van der Waals surface area contributed by atoms with Gasteiger partial charge in [0.15, 0.2) is 133 Å². The number of alkyl halides is 4. The van der Waals surface area contributed by atoms with Gasteiger partial charge in [0.2, 0.25) is 0 Å². The maximum atomic E-state index is 14.9. The molecule has 0 spiro atoms. The second-order valence-corrected chi connectivity index (χ2v) is 42.5. The Morgan fingerprint density at radius 3 is 0.850 bits per heavy atom.